The standard InChI is InChI=1S/C9H14N4OS/c1-2-3-6(7(10)15)8(14)13-9-11-4-5-12-9/h4-6H,2-3H2,1H3,(H2,10,15)(H2,11,12,13,14). The lowest BCUT2D eigenvalue weighted by molar-refractivity contribution is -0.118. The van der Waals surface area contributed by atoms with Crippen LogP contribution in [-0.4, -0.2) is 20.9 Å². The molecule has 0 aromatic carbocycles. The highest BCUT2D eigenvalue weighted by molar-refractivity contribution is 7.80. The van der Waals surface area contributed by atoms with Crippen molar-refractivity contribution in [2.45, 2.75) is 19.8 Å². The molecule has 1 rings (SSSR count). The topological polar surface area (TPSA) is 83.8 Å². The van der Waals surface area contributed by atoms with Crippen molar-refractivity contribution in [2.24, 2.45) is 11.7 Å². The van der Waals surface area contributed by atoms with Crippen molar-refractivity contribution in [1.82, 2.24) is 9.97 Å². The van der Waals surface area contributed by atoms with Gasteiger partial charge in [-0.3, -0.25) is 10.1 Å². The Hall–Kier alpha value is -1.43. The SMILES string of the molecule is CCCC(C(=O)Nc1ncc[nH]1)C(N)=S. The molecule has 0 spiro atoms. The normalized spacial score (nSPS) is 12.1. The van der Waals surface area contributed by atoms with Crippen LogP contribution in [0, 0.1) is 5.92 Å². The highest BCUT2D eigenvalue weighted by Crippen LogP contribution is 2.09. The quantitative estimate of drug-likeness (QED) is 0.655. The number of amides is 1. The van der Waals surface area contributed by atoms with E-state index in [9.17, 15) is 4.79 Å². The van der Waals surface area contributed by atoms with Crippen molar-refractivity contribution in [3.05, 3.63) is 12.4 Å². The van der Waals surface area contributed by atoms with Gasteiger partial charge in [0.15, 0.2) is 0 Å². The molecular formula is C9H14N4OS. The van der Waals surface area contributed by atoms with Gasteiger partial charge in [-0.2, -0.15) is 0 Å². The number of carbonyl (C=O) groups is 1. The molecule has 6 heteroatoms. The summed E-state index contributed by atoms with van der Waals surface area (Å²) in [5.74, 6) is -0.216. The molecule has 4 N–H and O–H groups in total. The molecule has 0 aliphatic carbocycles. The maximum absolute atomic E-state index is 11.7. The predicted octanol–water partition coefficient (Wildman–Crippen LogP) is 1.05. The van der Waals surface area contributed by atoms with Gasteiger partial charge < -0.3 is 10.7 Å². The number of rotatable bonds is 5. The number of nitrogens with one attached hydrogen (secondary N) is 2. The second kappa shape index (κ2) is 5.45. The van der Waals surface area contributed by atoms with Crippen molar-refractivity contribution in [2.75, 3.05) is 5.32 Å². The first-order chi connectivity index (χ1) is 7.15. The number of thiocarbonyl (C=S) groups is 1. The number of nitrogens with zero attached hydrogens (tertiary/aromatic N) is 1. The number of aromatic amines is 1. The number of nitrogens with two attached hydrogens (primary N) is 1. The van der Waals surface area contributed by atoms with Gasteiger partial charge in [-0.1, -0.05) is 25.6 Å². The Labute approximate surface area is 93.5 Å². The molecule has 1 aromatic rings. The molecule has 0 fully saturated rings. The van der Waals surface area contributed by atoms with Crippen molar-refractivity contribution in [1.29, 1.82) is 0 Å². The molecule has 1 atom stereocenters. The molecular weight excluding hydrogens is 212 g/mol. The molecule has 5 nitrogen and oxygen atoms in total. The first kappa shape index (κ1) is 11.6. The van der Waals surface area contributed by atoms with E-state index in [4.69, 9.17) is 18.0 Å². The van der Waals surface area contributed by atoms with Crippen LogP contribution in [0.25, 0.3) is 0 Å². The zero-order valence-corrected chi connectivity index (χ0v) is 9.30. The van der Waals surface area contributed by atoms with Crippen molar-refractivity contribution in [3.63, 3.8) is 0 Å². The van der Waals surface area contributed by atoms with Crippen LogP contribution in [0.4, 0.5) is 5.95 Å². The van der Waals surface area contributed by atoms with Gasteiger partial charge in [0.2, 0.25) is 11.9 Å². The summed E-state index contributed by atoms with van der Waals surface area (Å²) in [6, 6.07) is 0. The molecule has 1 amide bonds. The first-order valence-electron chi connectivity index (χ1n) is 4.74. The summed E-state index contributed by atoms with van der Waals surface area (Å²) in [5, 5.41) is 2.62. The van der Waals surface area contributed by atoms with E-state index < -0.39 is 5.92 Å². The molecule has 0 bridgehead atoms. The summed E-state index contributed by atoms with van der Waals surface area (Å²) in [6.45, 7) is 1.98. The van der Waals surface area contributed by atoms with Gasteiger partial charge in [0.25, 0.3) is 0 Å². The lowest BCUT2D eigenvalue weighted by Gasteiger charge is -2.12. The Morgan fingerprint density at radius 3 is 3.00 bits per heavy atom. The number of carbonyl (C=O) groups excluding carboxylic acids is 1. The maximum atomic E-state index is 11.7. The lowest BCUT2D eigenvalue weighted by Crippen LogP contribution is -2.33. The van der Waals surface area contributed by atoms with Gasteiger partial charge >= 0.3 is 0 Å². The predicted molar refractivity (Wildman–Crippen MR) is 62.4 cm³/mol. The minimum Gasteiger partial charge on any atom is -0.393 e. The summed E-state index contributed by atoms with van der Waals surface area (Å²) in [7, 11) is 0. The van der Waals surface area contributed by atoms with Crippen LogP contribution in [0.3, 0.4) is 0 Å². The smallest absolute Gasteiger partial charge is 0.236 e. The third-order valence-electron chi connectivity index (χ3n) is 1.98. The van der Waals surface area contributed by atoms with E-state index in [-0.39, 0.29) is 10.9 Å². The van der Waals surface area contributed by atoms with Crippen LogP contribution in [-0.2, 0) is 4.79 Å². The molecule has 82 valence electrons. The Bertz CT molecular complexity index is 336. The fourth-order valence-corrected chi connectivity index (χ4v) is 1.45. The number of hydrogen-bond acceptors (Lipinski definition) is 3. The third-order valence-corrected chi connectivity index (χ3v) is 2.26. The van der Waals surface area contributed by atoms with E-state index in [1.807, 2.05) is 6.92 Å². The molecule has 1 aromatic heterocycles. The molecule has 0 saturated carbocycles. The molecule has 15 heavy (non-hydrogen) atoms. The Balaban J connectivity index is 2.60. The average Bonchev–Trinajstić information content (AvgIpc) is 2.65. The van der Waals surface area contributed by atoms with E-state index in [0.717, 1.165) is 6.42 Å². The number of H-pyrrole nitrogens is 1. The monoisotopic (exact) mass is 226 g/mol. The first-order valence-corrected chi connectivity index (χ1v) is 5.15. The second-order valence-corrected chi connectivity index (χ2v) is 3.64. The molecule has 1 unspecified atom stereocenters. The van der Waals surface area contributed by atoms with E-state index >= 15 is 0 Å². The summed E-state index contributed by atoms with van der Waals surface area (Å²) >= 11 is 4.84. The molecule has 0 saturated heterocycles. The summed E-state index contributed by atoms with van der Waals surface area (Å²) in [6.07, 6.45) is 4.70. The minimum absolute atomic E-state index is 0.209. The van der Waals surface area contributed by atoms with Gasteiger partial charge in [-0.05, 0) is 6.42 Å². The zero-order chi connectivity index (χ0) is 11.3. The van der Waals surface area contributed by atoms with E-state index in [2.05, 4.69) is 15.3 Å². The highest BCUT2D eigenvalue weighted by atomic mass is 32.1. The van der Waals surface area contributed by atoms with E-state index in [0.29, 0.717) is 12.4 Å². The molecule has 1 heterocycles. The van der Waals surface area contributed by atoms with Crippen LogP contribution in [0.1, 0.15) is 19.8 Å². The molecule has 0 aliphatic heterocycles. The molecule has 0 radical (unpaired) electrons. The summed E-state index contributed by atoms with van der Waals surface area (Å²) in [4.78, 5) is 18.6. The van der Waals surface area contributed by atoms with Crippen LogP contribution in [0.5, 0.6) is 0 Å². The minimum atomic E-state index is -0.421. The number of imidazole rings is 1. The Morgan fingerprint density at radius 1 is 1.80 bits per heavy atom. The number of anilines is 1. The van der Waals surface area contributed by atoms with Crippen LogP contribution in [0.2, 0.25) is 0 Å². The fourth-order valence-electron chi connectivity index (χ4n) is 1.23. The summed E-state index contributed by atoms with van der Waals surface area (Å²) < 4.78 is 0. The van der Waals surface area contributed by atoms with Crippen LogP contribution >= 0.6 is 12.2 Å². The van der Waals surface area contributed by atoms with Gasteiger partial charge in [-0.15, -0.1) is 0 Å². The van der Waals surface area contributed by atoms with Crippen molar-refractivity contribution >= 4 is 29.1 Å². The van der Waals surface area contributed by atoms with E-state index in [1.165, 1.54) is 0 Å². The Morgan fingerprint density at radius 2 is 2.53 bits per heavy atom. The maximum Gasteiger partial charge on any atom is 0.236 e. The fraction of sp³-hybridized carbons (Fsp3) is 0.444. The van der Waals surface area contributed by atoms with Crippen molar-refractivity contribution in [3.8, 4) is 0 Å². The third kappa shape index (κ3) is 3.32. The van der Waals surface area contributed by atoms with Gasteiger partial charge in [0.05, 0.1) is 10.9 Å². The van der Waals surface area contributed by atoms with Crippen LogP contribution < -0.4 is 11.1 Å². The average molecular weight is 226 g/mol. The van der Waals surface area contributed by atoms with Gasteiger partial charge in [-0.25, -0.2) is 4.98 Å². The zero-order valence-electron chi connectivity index (χ0n) is 8.49. The number of aromatic nitrogens is 2. The molecule has 0 aliphatic rings. The summed E-state index contributed by atoms with van der Waals surface area (Å²) in [5.41, 5.74) is 5.49. The Kier molecular flexibility index (Phi) is 4.23. The van der Waals surface area contributed by atoms with E-state index in [1.54, 1.807) is 12.4 Å². The second-order valence-electron chi connectivity index (χ2n) is 3.17. The lowest BCUT2D eigenvalue weighted by atomic mass is 10.0. The van der Waals surface area contributed by atoms with Gasteiger partial charge in [0.1, 0.15) is 0 Å². The largest absolute Gasteiger partial charge is 0.393 e. The van der Waals surface area contributed by atoms with Crippen molar-refractivity contribution < 1.29 is 4.79 Å². The van der Waals surface area contributed by atoms with Gasteiger partial charge in [0, 0.05) is 12.4 Å². The number of hydrogen-bond donors (Lipinski definition) is 3. The van der Waals surface area contributed by atoms with Crippen LogP contribution in [0.15, 0.2) is 12.4 Å². The highest BCUT2D eigenvalue weighted by Gasteiger charge is 2.20.